The zero-order valence-electron chi connectivity index (χ0n) is 15.8. The van der Waals surface area contributed by atoms with Crippen LogP contribution in [-0.2, 0) is 9.59 Å². The van der Waals surface area contributed by atoms with Crippen LogP contribution in [-0.4, -0.2) is 28.0 Å². The number of hydrogen-bond donors (Lipinski definition) is 0. The van der Waals surface area contributed by atoms with Crippen molar-refractivity contribution in [2.75, 3.05) is 0 Å². The number of nitrogens with zero attached hydrogens (tertiary/aromatic N) is 3. The molecule has 0 unspecified atom stereocenters. The number of hydrazone groups is 1. The van der Waals surface area contributed by atoms with Gasteiger partial charge in [-0.15, -0.1) is 0 Å². The largest absolute Gasteiger partial charge is 0.455 e. The molecule has 8 nitrogen and oxygen atoms in total. The number of imide groups is 1. The molecular formula is C22H17N3O5. The van der Waals surface area contributed by atoms with E-state index in [0.29, 0.717) is 17.1 Å². The lowest BCUT2D eigenvalue weighted by Gasteiger charge is -2.18. The van der Waals surface area contributed by atoms with Crippen LogP contribution >= 0.6 is 0 Å². The molecule has 4 atom stereocenters. The van der Waals surface area contributed by atoms with Gasteiger partial charge in [-0.1, -0.05) is 24.3 Å². The quantitative estimate of drug-likeness (QED) is 0.256. The Labute approximate surface area is 171 Å². The molecule has 1 saturated heterocycles. The average Bonchev–Trinajstić information content (AvgIpc) is 3.03. The zero-order valence-corrected chi connectivity index (χ0v) is 15.8. The predicted octanol–water partition coefficient (Wildman–Crippen LogP) is 3.39. The number of fused-ring (bicyclic) bond motifs is 3. The third-order valence-corrected chi connectivity index (χ3v) is 7.10. The number of carbonyl (C=O) groups is 2. The molecule has 6 rings (SSSR count). The maximum atomic E-state index is 12.9. The molecule has 2 heterocycles. The summed E-state index contributed by atoms with van der Waals surface area (Å²) >= 11 is 0. The summed E-state index contributed by atoms with van der Waals surface area (Å²) in [5.74, 6) is 0.0856. The van der Waals surface area contributed by atoms with Crippen molar-refractivity contribution in [2.45, 2.75) is 12.8 Å². The maximum Gasteiger partial charge on any atom is 0.270 e. The van der Waals surface area contributed by atoms with E-state index in [1.54, 1.807) is 24.3 Å². The number of amides is 2. The van der Waals surface area contributed by atoms with Crippen LogP contribution in [0.1, 0.15) is 18.6 Å². The molecule has 2 bridgehead atoms. The number of carbonyl (C=O) groups excluding carboxylic acids is 2. The van der Waals surface area contributed by atoms with Crippen molar-refractivity contribution < 1.29 is 18.9 Å². The molecule has 0 N–H and O–H groups in total. The molecule has 4 aliphatic rings. The third-order valence-electron chi connectivity index (χ3n) is 7.10. The zero-order chi connectivity index (χ0) is 20.6. The predicted molar refractivity (Wildman–Crippen MR) is 105 cm³/mol. The molecule has 8 heteroatoms. The van der Waals surface area contributed by atoms with E-state index in [2.05, 4.69) is 17.3 Å². The van der Waals surface area contributed by atoms with Crippen LogP contribution in [0.3, 0.4) is 0 Å². The molecule has 1 aromatic carbocycles. The normalized spacial score (nSPS) is 30.1. The monoisotopic (exact) mass is 403 g/mol. The Morgan fingerprint density at radius 2 is 1.80 bits per heavy atom. The molecule has 0 radical (unpaired) electrons. The van der Waals surface area contributed by atoms with Gasteiger partial charge in [-0.05, 0) is 42.2 Å². The van der Waals surface area contributed by atoms with Crippen molar-refractivity contribution in [3.63, 3.8) is 0 Å². The molecule has 2 saturated carbocycles. The number of furan rings is 1. The number of benzene rings is 1. The minimum absolute atomic E-state index is 0.0319. The van der Waals surface area contributed by atoms with Gasteiger partial charge in [-0.3, -0.25) is 19.7 Å². The molecular weight excluding hydrogens is 386 g/mol. The summed E-state index contributed by atoms with van der Waals surface area (Å²) in [5, 5.41) is 16.1. The fraction of sp³-hybridized carbons (Fsp3) is 0.318. The van der Waals surface area contributed by atoms with Crippen LogP contribution in [0.15, 0.2) is 58.1 Å². The van der Waals surface area contributed by atoms with Gasteiger partial charge in [0.15, 0.2) is 0 Å². The van der Waals surface area contributed by atoms with E-state index in [1.165, 1.54) is 18.3 Å². The summed E-state index contributed by atoms with van der Waals surface area (Å²) in [4.78, 5) is 36.3. The molecule has 1 aliphatic heterocycles. The summed E-state index contributed by atoms with van der Waals surface area (Å²) in [6.45, 7) is 0. The molecule has 2 aromatic rings. The van der Waals surface area contributed by atoms with Crippen molar-refractivity contribution in [1.29, 1.82) is 0 Å². The molecule has 3 aliphatic carbocycles. The van der Waals surface area contributed by atoms with Crippen LogP contribution in [0.4, 0.5) is 5.69 Å². The van der Waals surface area contributed by atoms with E-state index < -0.39 is 4.92 Å². The second-order valence-corrected chi connectivity index (χ2v) is 8.46. The lowest BCUT2D eigenvalue weighted by molar-refractivity contribution is -0.384. The number of hydrogen-bond acceptors (Lipinski definition) is 6. The van der Waals surface area contributed by atoms with Gasteiger partial charge in [0.1, 0.15) is 11.5 Å². The van der Waals surface area contributed by atoms with Crippen LogP contribution in [0.5, 0.6) is 0 Å². The Bertz CT molecular complexity index is 1140. The van der Waals surface area contributed by atoms with Crippen LogP contribution < -0.4 is 0 Å². The summed E-state index contributed by atoms with van der Waals surface area (Å²) in [7, 11) is 0. The first-order valence-electron chi connectivity index (χ1n) is 9.94. The Balaban J connectivity index is 1.23. The molecule has 1 spiro atoms. The first-order valence-corrected chi connectivity index (χ1v) is 9.94. The van der Waals surface area contributed by atoms with Gasteiger partial charge in [0.2, 0.25) is 0 Å². The van der Waals surface area contributed by atoms with E-state index >= 15 is 0 Å². The van der Waals surface area contributed by atoms with Crippen molar-refractivity contribution in [3.05, 3.63) is 64.4 Å². The maximum absolute atomic E-state index is 12.9. The summed E-state index contributed by atoms with van der Waals surface area (Å²) in [6, 6.07) is 9.43. The van der Waals surface area contributed by atoms with Crippen molar-refractivity contribution >= 4 is 23.7 Å². The second kappa shape index (κ2) is 5.75. The molecule has 3 fully saturated rings. The number of nitro groups is 1. The highest BCUT2D eigenvalue weighted by molar-refractivity contribution is 6.07. The van der Waals surface area contributed by atoms with Crippen LogP contribution in [0.2, 0.25) is 0 Å². The van der Waals surface area contributed by atoms with Gasteiger partial charge in [0.05, 0.1) is 23.0 Å². The van der Waals surface area contributed by atoms with Gasteiger partial charge >= 0.3 is 0 Å². The Kier molecular flexibility index (Phi) is 3.32. The fourth-order valence-corrected chi connectivity index (χ4v) is 5.64. The van der Waals surface area contributed by atoms with Gasteiger partial charge in [0.25, 0.3) is 17.5 Å². The van der Waals surface area contributed by atoms with E-state index in [4.69, 9.17) is 4.42 Å². The highest BCUT2D eigenvalue weighted by atomic mass is 16.6. The highest BCUT2D eigenvalue weighted by Gasteiger charge is 2.73. The SMILES string of the molecule is O=C1[C@@H]2[C@H](C(=O)N1/N=C\c1ccc(-c3cccc([N+](=O)[O-])c3)o1)[C@H]1C=C[C@H]2C12CC2. The number of rotatable bonds is 4. The van der Waals surface area contributed by atoms with Crippen molar-refractivity contribution in [3.8, 4) is 11.3 Å². The minimum atomic E-state index is -0.468. The first-order chi connectivity index (χ1) is 14.5. The number of nitro benzene ring substituents is 1. The summed E-state index contributed by atoms with van der Waals surface area (Å²) < 4.78 is 5.69. The number of non-ortho nitro benzene ring substituents is 1. The van der Waals surface area contributed by atoms with Gasteiger partial charge < -0.3 is 4.42 Å². The second-order valence-electron chi connectivity index (χ2n) is 8.46. The highest BCUT2D eigenvalue weighted by Crippen LogP contribution is 2.73. The average molecular weight is 403 g/mol. The molecule has 30 heavy (non-hydrogen) atoms. The van der Waals surface area contributed by atoms with Crippen LogP contribution in [0.25, 0.3) is 11.3 Å². The van der Waals surface area contributed by atoms with E-state index in [9.17, 15) is 19.7 Å². The van der Waals surface area contributed by atoms with Gasteiger partial charge in [-0.25, -0.2) is 0 Å². The lowest BCUT2D eigenvalue weighted by Crippen LogP contribution is -2.30. The smallest absolute Gasteiger partial charge is 0.270 e. The Hall–Kier alpha value is -3.55. The molecule has 150 valence electrons. The topological polar surface area (TPSA) is 106 Å². The Morgan fingerprint density at radius 1 is 1.10 bits per heavy atom. The van der Waals surface area contributed by atoms with Crippen LogP contribution in [0, 0.1) is 39.2 Å². The molecule has 1 aromatic heterocycles. The molecule has 2 amide bonds. The minimum Gasteiger partial charge on any atom is -0.455 e. The lowest BCUT2D eigenvalue weighted by atomic mass is 9.85. The van der Waals surface area contributed by atoms with E-state index in [-0.39, 0.29) is 46.6 Å². The van der Waals surface area contributed by atoms with Gasteiger partial charge in [0, 0.05) is 17.7 Å². The van der Waals surface area contributed by atoms with Crippen molar-refractivity contribution in [2.24, 2.45) is 34.2 Å². The summed E-state index contributed by atoms with van der Waals surface area (Å²) in [6.07, 6.45) is 7.78. The standard InChI is InChI=1S/C22H17N3O5/c26-20-18-15-5-6-16(22(15)8-9-22)19(18)21(27)24(20)23-11-14-4-7-17(30-14)12-2-1-3-13(10-12)25(28)29/h1-7,10-11,15-16,18-19H,8-9H2/b23-11-/t15-,16-,18-,19+/m1/s1. The van der Waals surface area contributed by atoms with Crippen molar-refractivity contribution in [1.82, 2.24) is 5.01 Å². The first kappa shape index (κ1) is 17.3. The van der Waals surface area contributed by atoms with E-state index in [0.717, 1.165) is 17.9 Å². The number of allylic oxidation sites excluding steroid dienone is 2. The van der Waals surface area contributed by atoms with Gasteiger partial charge in [-0.2, -0.15) is 10.1 Å². The van der Waals surface area contributed by atoms with E-state index in [1.807, 2.05) is 0 Å². The Morgan fingerprint density at radius 3 is 2.43 bits per heavy atom. The summed E-state index contributed by atoms with van der Waals surface area (Å²) in [5.41, 5.74) is 0.685. The third kappa shape index (κ3) is 2.18. The fourth-order valence-electron chi connectivity index (χ4n) is 5.64.